The van der Waals surface area contributed by atoms with Crippen LogP contribution in [0, 0.1) is 6.92 Å². The van der Waals surface area contributed by atoms with Crippen molar-refractivity contribution in [2.24, 2.45) is 0 Å². The van der Waals surface area contributed by atoms with Crippen LogP contribution in [-0.2, 0) is 9.53 Å². The van der Waals surface area contributed by atoms with Crippen molar-refractivity contribution in [3.63, 3.8) is 0 Å². The Kier molecular flexibility index (Phi) is 4.20. The van der Waals surface area contributed by atoms with Gasteiger partial charge in [-0.1, -0.05) is 11.6 Å². The van der Waals surface area contributed by atoms with Crippen LogP contribution in [0.4, 0.5) is 0 Å². The second-order valence-corrected chi connectivity index (χ2v) is 4.61. The van der Waals surface area contributed by atoms with Crippen LogP contribution in [0.2, 0.25) is 5.02 Å². The van der Waals surface area contributed by atoms with E-state index in [-0.39, 0.29) is 17.2 Å². The lowest BCUT2D eigenvalue weighted by Crippen LogP contribution is -2.16. The van der Waals surface area contributed by atoms with Crippen molar-refractivity contribution in [2.75, 3.05) is 13.7 Å². The van der Waals surface area contributed by atoms with E-state index < -0.39 is 12.1 Å². The molecule has 0 aliphatic heterocycles. The van der Waals surface area contributed by atoms with Crippen molar-refractivity contribution in [3.8, 4) is 5.75 Å². The summed E-state index contributed by atoms with van der Waals surface area (Å²) in [6, 6.07) is 3.21. The van der Waals surface area contributed by atoms with Gasteiger partial charge in [-0.15, -0.1) is 0 Å². The molecule has 1 N–H and O–H groups in total. The predicted molar refractivity (Wildman–Crippen MR) is 74.1 cm³/mol. The summed E-state index contributed by atoms with van der Waals surface area (Å²) >= 11 is 6.24. The molecule has 108 valence electrons. The first-order valence-corrected chi connectivity index (χ1v) is 6.48. The van der Waals surface area contributed by atoms with Gasteiger partial charge in [0.25, 0.3) is 0 Å². The third-order valence-corrected chi connectivity index (χ3v) is 3.30. The lowest BCUT2D eigenvalue weighted by atomic mass is 10.1. The summed E-state index contributed by atoms with van der Waals surface area (Å²) in [5.74, 6) is 0.301. The summed E-state index contributed by atoms with van der Waals surface area (Å²) in [5.41, 5.74) is 0.713. The number of rotatable bonds is 4. The number of ether oxygens (including phenoxy) is 2. The number of aliphatic hydroxyl groups is 1. The highest BCUT2D eigenvalue weighted by Gasteiger charge is 2.25. The average Bonchev–Trinajstić information content (AvgIpc) is 2.81. The van der Waals surface area contributed by atoms with Gasteiger partial charge in [0.2, 0.25) is 0 Å². The Bertz CT molecular complexity index is 647. The van der Waals surface area contributed by atoms with Crippen LogP contribution >= 0.6 is 11.6 Å². The molecule has 0 saturated heterocycles. The molecule has 0 spiro atoms. The molecular formula is C14H15ClO5. The second kappa shape index (κ2) is 5.73. The molecule has 0 aliphatic rings. The molecule has 0 amide bonds. The van der Waals surface area contributed by atoms with E-state index in [0.717, 1.165) is 0 Å². The topological polar surface area (TPSA) is 68.9 Å². The number of furan rings is 1. The van der Waals surface area contributed by atoms with E-state index in [1.54, 1.807) is 19.9 Å². The number of aliphatic hydroxyl groups excluding tert-OH is 1. The van der Waals surface area contributed by atoms with Crippen LogP contribution in [0.5, 0.6) is 5.75 Å². The number of fused-ring (bicyclic) bond motifs is 1. The first kappa shape index (κ1) is 14.7. The molecule has 0 aliphatic carbocycles. The zero-order valence-corrected chi connectivity index (χ0v) is 12.2. The number of methoxy groups -OCH3 is 1. The summed E-state index contributed by atoms with van der Waals surface area (Å²) in [6.07, 6.45) is -1.46. The van der Waals surface area contributed by atoms with E-state index in [2.05, 4.69) is 0 Å². The number of hydrogen-bond acceptors (Lipinski definition) is 5. The van der Waals surface area contributed by atoms with Gasteiger partial charge in [0, 0.05) is 10.9 Å². The van der Waals surface area contributed by atoms with Crippen LogP contribution in [0.15, 0.2) is 16.5 Å². The van der Waals surface area contributed by atoms with Gasteiger partial charge in [0.15, 0.2) is 17.4 Å². The average molecular weight is 299 g/mol. The van der Waals surface area contributed by atoms with Gasteiger partial charge < -0.3 is 19.0 Å². The van der Waals surface area contributed by atoms with Crippen LogP contribution < -0.4 is 4.74 Å². The van der Waals surface area contributed by atoms with Crippen LogP contribution in [0.3, 0.4) is 0 Å². The van der Waals surface area contributed by atoms with Gasteiger partial charge in [0.1, 0.15) is 5.76 Å². The zero-order chi connectivity index (χ0) is 14.9. The molecule has 0 fully saturated rings. The first-order valence-electron chi connectivity index (χ1n) is 6.10. The van der Waals surface area contributed by atoms with E-state index in [9.17, 15) is 9.90 Å². The third kappa shape index (κ3) is 2.46. The van der Waals surface area contributed by atoms with Crippen LogP contribution in [-0.4, -0.2) is 24.8 Å². The summed E-state index contributed by atoms with van der Waals surface area (Å²) in [6.45, 7) is 3.62. The van der Waals surface area contributed by atoms with Crippen molar-refractivity contribution in [3.05, 3.63) is 28.5 Å². The zero-order valence-electron chi connectivity index (χ0n) is 11.4. The molecule has 1 unspecified atom stereocenters. The summed E-state index contributed by atoms with van der Waals surface area (Å²) in [4.78, 5) is 11.6. The number of benzene rings is 1. The van der Waals surface area contributed by atoms with Crippen LogP contribution in [0.1, 0.15) is 24.4 Å². The van der Waals surface area contributed by atoms with Gasteiger partial charge >= 0.3 is 5.97 Å². The summed E-state index contributed by atoms with van der Waals surface area (Å²) < 4.78 is 15.5. The SMILES string of the molecule is CCOC(=O)C(O)c1cc(OC)c2oc(C)cc2c1Cl. The van der Waals surface area contributed by atoms with E-state index in [4.69, 9.17) is 25.5 Å². The molecule has 5 nitrogen and oxygen atoms in total. The summed E-state index contributed by atoms with van der Waals surface area (Å²) in [5, 5.41) is 10.9. The molecule has 1 aromatic heterocycles. The quantitative estimate of drug-likeness (QED) is 0.879. The maximum Gasteiger partial charge on any atom is 0.339 e. The highest BCUT2D eigenvalue weighted by molar-refractivity contribution is 6.36. The Morgan fingerprint density at radius 2 is 2.20 bits per heavy atom. The molecule has 0 saturated carbocycles. The number of esters is 1. The Balaban J connectivity index is 2.59. The minimum atomic E-state index is -1.46. The first-order chi connectivity index (χ1) is 9.49. The molecule has 1 heterocycles. The standard InChI is InChI=1S/C14H15ClO5/c1-4-19-14(17)12(16)8-6-10(18-3)13-9(11(8)15)5-7(2)20-13/h5-6,12,16H,4H2,1-3H3. The lowest BCUT2D eigenvalue weighted by molar-refractivity contribution is -0.153. The Morgan fingerprint density at radius 1 is 1.50 bits per heavy atom. The van der Waals surface area contributed by atoms with Gasteiger partial charge in [-0.05, 0) is 26.0 Å². The van der Waals surface area contributed by atoms with Crippen molar-refractivity contribution in [1.82, 2.24) is 0 Å². The van der Waals surface area contributed by atoms with Gasteiger partial charge in [-0.2, -0.15) is 0 Å². The molecule has 0 bridgehead atoms. The highest BCUT2D eigenvalue weighted by atomic mass is 35.5. The number of carbonyl (C=O) groups is 1. The second-order valence-electron chi connectivity index (χ2n) is 4.24. The fourth-order valence-corrected chi connectivity index (χ4v) is 2.28. The normalized spacial score (nSPS) is 12.4. The minimum absolute atomic E-state index is 0.178. The third-order valence-electron chi connectivity index (χ3n) is 2.88. The molecule has 2 rings (SSSR count). The van der Waals surface area contributed by atoms with Gasteiger partial charge in [-0.25, -0.2) is 4.79 Å². The maximum atomic E-state index is 11.6. The molecule has 1 atom stereocenters. The highest BCUT2D eigenvalue weighted by Crippen LogP contribution is 2.39. The summed E-state index contributed by atoms with van der Waals surface area (Å²) in [7, 11) is 1.47. The number of aryl methyl sites for hydroxylation is 1. The fourth-order valence-electron chi connectivity index (χ4n) is 1.98. The lowest BCUT2D eigenvalue weighted by Gasteiger charge is -2.13. The van der Waals surface area contributed by atoms with Crippen molar-refractivity contribution >= 4 is 28.5 Å². The van der Waals surface area contributed by atoms with Crippen molar-refractivity contribution in [1.29, 1.82) is 0 Å². The molecular weight excluding hydrogens is 284 g/mol. The molecule has 2 aromatic rings. The van der Waals surface area contributed by atoms with Crippen molar-refractivity contribution < 1.29 is 23.8 Å². The van der Waals surface area contributed by atoms with E-state index >= 15 is 0 Å². The van der Waals surface area contributed by atoms with E-state index in [1.165, 1.54) is 13.2 Å². The van der Waals surface area contributed by atoms with Crippen molar-refractivity contribution in [2.45, 2.75) is 20.0 Å². The largest absolute Gasteiger partial charge is 0.493 e. The number of carbonyl (C=O) groups excluding carboxylic acids is 1. The molecule has 1 aromatic carbocycles. The molecule has 6 heteroatoms. The number of halogens is 1. The Morgan fingerprint density at radius 3 is 2.80 bits per heavy atom. The van der Waals surface area contributed by atoms with Gasteiger partial charge in [0.05, 0.1) is 18.7 Å². The van der Waals surface area contributed by atoms with E-state index in [0.29, 0.717) is 22.5 Å². The van der Waals surface area contributed by atoms with E-state index in [1.807, 2.05) is 0 Å². The Hall–Kier alpha value is -1.72. The smallest absolute Gasteiger partial charge is 0.339 e. The molecule has 0 radical (unpaired) electrons. The van der Waals surface area contributed by atoms with Gasteiger partial charge in [-0.3, -0.25) is 0 Å². The monoisotopic (exact) mass is 298 g/mol. The Labute approximate surface area is 121 Å². The fraction of sp³-hybridized carbons (Fsp3) is 0.357. The predicted octanol–water partition coefficient (Wildman–Crippen LogP) is 3.00. The number of hydrogen-bond donors (Lipinski definition) is 1. The maximum absolute atomic E-state index is 11.6. The minimum Gasteiger partial charge on any atom is -0.493 e. The molecule has 20 heavy (non-hydrogen) atoms. The van der Waals surface area contributed by atoms with Crippen LogP contribution in [0.25, 0.3) is 11.0 Å².